The van der Waals surface area contributed by atoms with Crippen LogP contribution < -0.4 is 4.74 Å². The lowest BCUT2D eigenvalue weighted by Crippen LogP contribution is -1.90. The van der Waals surface area contributed by atoms with Crippen LogP contribution >= 0.6 is 0 Å². The third-order valence-electron chi connectivity index (χ3n) is 2.24. The van der Waals surface area contributed by atoms with E-state index in [0.717, 1.165) is 22.3 Å². The van der Waals surface area contributed by atoms with Crippen LogP contribution in [0.15, 0.2) is 28.9 Å². The normalized spacial score (nSPS) is 10.7. The van der Waals surface area contributed by atoms with E-state index >= 15 is 0 Å². The zero-order valence-electron chi connectivity index (χ0n) is 7.99. The molecule has 0 aliphatic heterocycles. The van der Waals surface area contributed by atoms with Crippen molar-refractivity contribution in [2.45, 2.75) is 6.42 Å². The lowest BCUT2D eigenvalue weighted by molar-refractivity contribution is 0.299. The van der Waals surface area contributed by atoms with E-state index in [4.69, 9.17) is 14.3 Å². The molecule has 3 heteroatoms. The first-order valence-corrected chi connectivity index (χ1v) is 4.50. The molecule has 14 heavy (non-hydrogen) atoms. The van der Waals surface area contributed by atoms with Crippen LogP contribution in [0.25, 0.3) is 11.0 Å². The molecule has 0 radical (unpaired) electrons. The number of methoxy groups -OCH3 is 1. The second-order valence-corrected chi connectivity index (χ2v) is 3.07. The van der Waals surface area contributed by atoms with E-state index in [-0.39, 0.29) is 6.61 Å². The van der Waals surface area contributed by atoms with Crippen molar-refractivity contribution in [2.75, 3.05) is 13.7 Å². The predicted octanol–water partition coefficient (Wildman–Crippen LogP) is 1.98. The summed E-state index contributed by atoms with van der Waals surface area (Å²) in [7, 11) is 1.63. The largest absolute Gasteiger partial charge is 0.496 e. The molecule has 0 unspecified atom stereocenters. The van der Waals surface area contributed by atoms with Crippen molar-refractivity contribution >= 4 is 11.0 Å². The molecule has 0 spiro atoms. The van der Waals surface area contributed by atoms with E-state index in [2.05, 4.69) is 0 Å². The van der Waals surface area contributed by atoms with Gasteiger partial charge in [-0.1, -0.05) is 6.07 Å². The Labute approximate surface area is 81.9 Å². The fourth-order valence-electron chi connectivity index (χ4n) is 1.59. The number of hydrogen-bond acceptors (Lipinski definition) is 3. The van der Waals surface area contributed by atoms with Gasteiger partial charge in [0, 0.05) is 12.2 Å². The molecule has 0 bridgehead atoms. The number of benzene rings is 1. The minimum Gasteiger partial charge on any atom is -0.496 e. The summed E-state index contributed by atoms with van der Waals surface area (Å²) in [5, 5.41) is 9.84. The summed E-state index contributed by atoms with van der Waals surface area (Å²) >= 11 is 0. The van der Waals surface area contributed by atoms with E-state index in [9.17, 15) is 0 Å². The molecule has 2 rings (SSSR count). The zero-order valence-corrected chi connectivity index (χ0v) is 7.99. The maximum Gasteiger partial charge on any atom is 0.137 e. The van der Waals surface area contributed by atoms with E-state index < -0.39 is 0 Å². The van der Waals surface area contributed by atoms with Gasteiger partial charge in [-0.15, -0.1) is 0 Å². The van der Waals surface area contributed by atoms with Gasteiger partial charge in [-0.3, -0.25) is 0 Å². The molecule has 0 saturated carbocycles. The number of aliphatic hydroxyl groups excluding tert-OH is 1. The van der Waals surface area contributed by atoms with Gasteiger partial charge in [0.2, 0.25) is 0 Å². The van der Waals surface area contributed by atoms with E-state index in [0.29, 0.717) is 6.42 Å². The highest BCUT2D eigenvalue weighted by molar-refractivity contribution is 5.87. The van der Waals surface area contributed by atoms with E-state index in [1.165, 1.54) is 0 Å². The van der Waals surface area contributed by atoms with Crippen molar-refractivity contribution in [3.63, 3.8) is 0 Å². The average Bonchev–Trinajstić information content (AvgIpc) is 2.62. The monoisotopic (exact) mass is 192 g/mol. The van der Waals surface area contributed by atoms with Crippen LogP contribution in [0.1, 0.15) is 5.56 Å². The van der Waals surface area contributed by atoms with Gasteiger partial charge in [0.1, 0.15) is 11.3 Å². The van der Waals surface area contributed by atoms with Crippen LogP contribution in [0.3, 0.4) is 0 Å². The minimum atomic E-state index is 0.118. The highest BCUT2D eigenvalue weighted by Gasteiger charge is 2.09. The maximum absolute atomic E-state index is 8.88. The van der Waals surface area contributed by atoms with Crippen molar-refractivity contribution in [1.82, 2.24) is 0 Å². The molecule has 0 saturated heterocycles. The van der Waals surface area contributed by atoms with Gasteiger partial charge in [0.05, 0.1) is 18.8 Å². The molecule has 0 aliphatic rings. The number of furan rings is 1. The van der Waals surface area contributed by atoms with Crippen LogP contribution in [0.4, 0.5) is 0 Å². The Morgan fingerprint density at radius 2 is 2.29 bits per heavy atom. The molecular formula is C11H12O3. The minimum absolute atomic E-state index is 0.118. The first-order chi connectivity index (χ1) is 6.86. The molecule has 0 fully saturated rings. The zero-order chi connectivity index (χ0) is 9.97. The number of hydrogen-bond donors (Lipinski definition) is 1. The third-order valence-corrected chi connectivity index (χ3v) is 2.24. The Morgan fingerprint density at radius 3 is 3.00 bits per heavy atom. The third kappa shape index (κ3) is 1.36. The van der Waals surface area contributed by atoms with Gasteiger partial charge >= 0.3 is 0 Å². The van der Waals surface area contributed by atoms with Crippen LogP contribution in [0.5, 0.6) is 5.75 Å². The van der Waals surface area contributed by atoms with Gasteiger partial charge in [-0.05, 0) is 18.6 Å². The van der Waals surface area contributed by atoms with Crippen molar-refractivity contribution in [3.8, 4) is 5.75 Å². The smallest absolute Gasteiger partial charge is 0.137 e. The molecule has 3 nitrogen and oxygen atoms in total. The van der Waals surface area contributed by atoms with Gasteiger partial charge < -0.3 is 14.3 Å². The Bertz CT molecular complexity index is 431. The molecule has 1 N–H and O–H groups in total. The van der Waals surface area contributed by atoms with Crippen LogP contribution in [0, 0.1) is 0 Å². The number of rotatable bonds is 3. The molecule has 0 atom stereocenters. The van der Waals surface area contributed by atoms with Gasteiger partial charge in [0.15, 0.2) is 0 Å². The summed E-state index contributed by atoms with van der Waals surface area (Å²) in [6.45, 7) is 0.118. The lowest BCUT2D eigenvalue weighted by Gasteiger charge is -2.02. The van der Waals surface area contributed by atoms with Crippen LogP contribution in [0.2, 0.25) is 0 Å². The SMILES string of the molecule is COc1cccc2occ(CCO)c12. The maximum atomic E-state index is 8.88. The van der Waals surface area contributed by atoms with Crippen LogP contribution in [-0.2, 0) is 6.42 Å². The van der Waals surface area contributed by atoms with Crippen molar-refractivity contribution in [3.05, 3.63) is 30.0 Å². The Balaban J connectivity index is 2.62. The number of aliphatic hydroxyl groups is 1. The molecule has 1 aromatic carbocycles. The van der Waals surface area contributed by atoms with E-state index in [1.54, 1.807) is 13.4 Å². The summed E-state index contributed by atoms with van der Waals surface area (Å²) in [4.78, 5) is 0. The van der Waals surface area contributed by atoms with Crippen molar-refractivity contribution in [2.24, 2.45) is 0 Å². The highest BCUT2D eigenvalue weighted by Crippen LogP contribution is 2.30. The summed E-state index contributed by atoms with van der Waals surface area (Å²) in [6, 6.07) is 5.66. The molecule has 0 amide bonds. The summed E-state index contributed by atoms with van der Waals surface area (Å²) in [5.74, 6) is 0.791. The Kier molecular flexibility index (Phi) is 2.41. The summed E-state index contributed by atoms with van der Waals surface area (Å²) in [5.41, 5.74) is 1.78. The quantitative estimate of drug-likeness (QED) is 0.808. The topological polar surface area (TPSA) is 42.6 Å². The second kappa shape index (κ2) is 3.72. The van der Waals surface area contributed by atoms with Crippen molar-refractivity contribution in [1.29, 1.82) is 0 Å². The van der Waals surface area contributed by atoms with Crippen LogP contribution in [-0.4, -0.2) is 18.8 Å². The fraction of sp³-hybridized carbons (Fsp3) is 0.273. The first-order valence-electron chi connectivity index (χ1n) is 4.50. The molecular weight excluding hydrogens is 180 g/mol. The highest BCUT2D eigenvalue weighted by atomic mass is 16.5. The Morgan fingerprint density at radius 1 is 1.43 bits per heavy atom. The van der Waals surface area contributed by atoms with Gasteiger partial charge in [0.25, 0.3) is 0 Å². The lowest BCUT2D eigenvalue weighted by atomic mass is 10.1. The molecule has 2 aromatic rings. The van der Waals surface area contributed by atoms with Crippen molar-refractivity contribution < 1.29 is 14.3 Å². The van der Waals surface area contributed by atoms with Gasteiger partial charge in [-0.2, -0.15) is 0 Å². The second-order valence-electron chi connectivity index (χ2n) is 3.07. The van der Waals surface area contributed by atoms with Gasteiger partial charge in [-0.25, -0.2) is 0 Å². The molecule has 0 aliphatic carbocycles. The first kappa shape index (κ1) is 9.09. The summed E-state index contributed by atoms with van der Waals surface area (Å²) < 4.78 is 10.6. The summed E-state index contributed by atoms with van der Waals surface area (Å²) in [6.07, 6.45) is 2.26. The Hall–Kier alpha value is -1.48. The average molecular weight is 192 g/mol. The molecule has 74 valence electrons. The predicted molar refractivity (Wildman–Crippen MR) is 53.6 cm³/mol. The molecule has 1 heterocycles. The van der Waals surface area contributed by atoms with E-state index in [1.807, 2.05) is 18.2 Å². The number of ether oxygens (including phenoxy) is 1. The standard InChI is InChI=1S/C11H12O3/c1-13-9-3-2-4-10-11(9)8(5-6-12)7-14-10/h2-4,7,12H,5-6H2,1H3. The number of fused-ring (bicyclic) bond motifs is 1. The fourth-order valence-corrected chi connectivity index (χ4v) is 1.59. The molecule has 1 aromatic heterocycles.